The van der Waals surface area contributed by atoms with E-state index in [0.717, 1.165) is 68.8 Å². The summed E-state index contributed by atoms with van der Waals surface area (Å²) in [6.07, 6.45) is 3.78. The number of carbonyl (C=O) groups is 2. The van der Waals surface area contributed by atoms with Crippen molar-refractivity contribution in [1.82, 2.24) is 10.2 Å². The summed E-state index contributed by atoms with van der Waals surface area (Å²) in [5.41, 5.74) is 1.70. The molecule has 2 aromatic carbocycles. The summed E-state index contributed by atoms with van der Waals surface area (Å²) < 4.78 is 19.2. The number of rotatable bonds is 8. The van der Waals surface area contributed by atoms with Crippen LogP contribution in [0.1, 0.15) is 43.2 Å². The number of hydrogen-bond acceptors (Lipinski definition) is 4. The summed E-state index contributed by atoms with van der Waals surface area (Å²) in [5, 5.41) is 6.01. The molecule has 2 amide bonds. The van der Waals surface area contributed by atoms with Gasteiger partial charge in [-0.3, -0.25) is 14.5 Å². The third kappa shape index (κ3) is 5.97. The van der Waals surface area contributed by atoms with Crippen molar-refractivity contribution in [3.63, 3.8) is 0 Å². The molecule has 2 fully saturated rings. The van der Waals surface area contributed by atoms with Crippen LogP contribution in [0.15, 0.2) is 48.5 Å². The van der Waals surface area contributed by atoms with Gasteiger partial charge in [0.2, 0.25) is 11.8 Å². The van der Waals surface area contributed by atoms with Gasteiger partial charge in [-0.05, 0) is 48.2 Å². The minimum Gasteiger partial charge on any atom is -0.379 e. The number of ether oxygens (including phenoxy) is 1. The van der Waals surface area contributed by atoms with Gasteiger partial charge in [-0.2, -0.15) is 0 Å². The maximum Gasteiger partial charge on any atom is 0.230 e. The molecule has 2 N–H and O–H groups in total. The maximum absolute atomic E-state index is 13.8. The topological polar surface area (TPSA) is 70.7 Å². The molecule has 0 spiro atoms. The molecule has 0 unspecified atom stereocenters. The van der Waals surface area contributed by atoms with Gasteiger partial charge in [0.15, 0.2) is 0 Å². The van der Waals surface area contributed by atoms with Gasteiger partial charge in [-0.25, -0.2) is 4.39 Å². The van der Waals surface area contributed by atoms with Crippen LogP contribution < -0.4 is 10.6 Å². The molecule has 1 saturated carbocycles. The Morgan fingerprint density at radius 1 is 1.03 bits per heavy atom. The number of nitrogens with zero attached hydrogens (tertiary/aromatic N) is 1. The SMILES string of the molecule is O=C(CCN1CCOCC1)Nc1cccc(CNC(=O)C2(c3cccc(F)c3)CCCC2)c1. The van der Waals surface area contributed by atoms with E-state index in [4.69, 9.17) is 4.74 Å². The zero-order valence-corrected chi connectivity index (χ0v) is 18.9. The fourth-order valence-electron chi connectivity index (χ4n) is 4.83. The average Bonchev–Trinajstić information content (AvgIpc) is 3.34. The summed E-state index contributed by atoms with van der Waals surface area (Å²) in [6, 6.07) is 13.9. The highest BCUT2D eigenvalue weighted by atomic mass is 19.1. The Morgan fingerprint density at radius 2 is 1.79 bits per heavy atom. The van der Waals surface area contributed by atoms with Crippen LogP contribution in [0, 0.1) is 5.82 Å². The molecule has 6 nitrogen and oxygen atoms in total. The number of nitrogens with one attached hydrogen (secondary N) is 2. The maximum atomic E-state index is 13.8. The Labute approximate surface area is 194 Å². The number of halogens is 1. The minimum absolute atomic E-state index is 0.0290. The van der Waals surface area contributed by atoms with Crippen LogP contribution in [-0.4, -0.2) is 49.6 Å². The fraction of sp³-hybridized carbons (Fsp3) is 0.462. The first-order valence-corrected chi connectivity index (χ1v) is 11.8. The molecule has 176 valence electrons. The van der Waals surface area contributed by atoms with Gasteiger partial charge < -0.3 is 15.4 Å². The molecule has 4 rings (SSSR count). The first kappa shape index (κ1) is 23.4. The lowest BCUT2D eigenvalue weighted by molar-refractivity contribution is -0.126. The zero-order chi connectivity index (χ0) is 23.1. The van der Waals surface area contributed by atoms with Gasteiger partial charge in [-0.15, -0.1) is 0 Å². The average molecular weight is 454 g/mol. The molecule has 1 aliphatic heterocycles. The largest absolute Gasteiger partial charge is 0.379 e. The van der Waals surface area contributed by atoms with E-state index in [1.807, 2.05) is 30.3 Å². The standard InChI is InChI=1S/C26H32FN3O3/c27-22-7-4-6-21(18-22)26(10-1-2-11-26)25(32)28-19-20-5-3-8-23(17-20)29-24(31)9-12-30-13-15-33-16-14-30/h3-8,17-18H,1-2,9-16,19H2,(H,28,32)(H,29,31). The first-order chi connectivity index (χ1) is 16.0. The third-order valence-corrected chi connectivity index (χ3v) is 6.69. The lowest BCUT2D eigenvalue weighted by Gasteiger charge is -2.28. The number of carbonyl (C=O) groups excluding carboxylic acids is 2. The Bertz CT molecular complexity index is 969. The van der Waals surface area contributed by atoms with Crippen molar-refractivity contribution < 1.29 is 18.7 Å². The Kier molecular flexibility index (Phi) is 7.73. The summed E-state index contributed by atoms with van der Waals surface area (Å²) in [4.78, 5) is 27.8. The van der Waals surface area contributed by atoms with Crippen molar-refractivity contribution >= 4 is 17.5 Å². The van der Waals surface area contributed by atoms with E-state index >= 15 is 0 Å². The lowest BCUT2D eigenvalue weighted by atomic mass is 9.78. The van der Waals surface area contributed by atoms with E-state index in [9.17, 15) is 14.0 Å². The van der Waals surface area contributed by atoms with Gasteiger partial charge in [-0.1, -0.05) is 37.1 Å². The Balaban J connectivity index is 1.33. The molecule has 2 aromatic rings. The lowest BCUT2D eigenvalue weighted by Crippen LogP contribution is -2.42. The van der Waals surface area contributed by atoms with Crippen LogP contribution in [-0.2, 0) is 26.3 Å². The van der Waals surface area contributed by atoms with Crippen molar-refractivity contribution in [1.29, 1.82) is 0 Å². The van der Waals surface area contributed by atoms with Crippen molar-refractivity contribution in [3.05, 3.63) is 65.5 Å². The van der Waals surface area contributed by atoms with Crippen LogP contribution in [0.25, 0.3) is 0 Å². The third-order valence-electron chi connectivity index (χ3n) is 6.69. The van der Waals surface area contributed by atoms with Crippen LogP contribution >= 0.6 is 0 Å². The van der Waals surface area contributed by atoms with Crippen LogP contribution in [0.2, 0.25) is 0 Å². The van der Waals surface area contributed by atoms with E-state index < -0.39 is 5.41 Å². The van der Waals surface area contributed by atoms with Gasteiger partial charge >= 0.3 is 0 Å². The number of benzene rings is 2. The van der Waals surface area contributed by atoms with Gasteiger partial charge in [0.25, 0.3) is 0 Å². The highest BCUT2D eigenvalue weighted by Crippen LogP contribution is 2.41. The van der Waals surface area contributed by atoms with E-state index in [0.29, 0.717) is 19.5 Å². The second-order valence-corrected chi connectivity index (χ2v) is 8.93. The van der Waals surface area contributed by atoms with E-state index in [-0.39, 0.29) is 17.6 Å². The number of morpholine rings is 1. The van der Waals surface area contributed by atoms with Crippen LogP contribution in [0.3, 0.4) is 0 Å². The second kappa shape index (κ2) is 10.9. The number of anilines is 1. The molecule has 1 heterocycles. The first-order valence-electron chi connectivity index (χ1n) is 11.8. The molecule has 2 aliphatic rings. The summed E-state index contributed by atoms with van der Waals surface area (Å²) >= 11 is 0. The Morgan fingerprint density at radius 3 is 2.55 bits per heavy atom. The van der Waals surface area contributed by atoms with Crippen LogP contribution in [0.4, 0.5) is 10.1 Å². The molecule has 1 aliphatic carbocycles. The van der Waals surface area contributed by atoms with Gasteiger partial charge in [0, 0.05) is 38.3 Å². The predicted molar refractivity (Wildman–Crippen MR) is 125 cm³/mol. The van der Waals surface area contributed by atoms with E-state index in [1.165, 1.54) is 12.1 Å². The van der Waals surface area contributed by atoms with Crippen molar-refractivity contribution in [3.8, 4) is 0 Å². The van der Waals surface area contributed by atoms with Crippen molar-refractivity contribution in [2.45, 2.75) is 44.1 Å². The molecular formula is C26H32FN3O3. The van der Waals surface area contributed by atoms with Gasteiger partial charge in [0.05, 0.1) is 18.6 Å². The second-order valence-electron chi connectivity index (χ2n) is 8.93. The molecule has 33 heavy (non-hydrogen) atoms. The summed E-state index contributed by atoms with van der Waals surface area (Å²) in [7, 11) is 0. The molecular weight excluding hydrogens is 421 g/mol. The van der Waals surface area contributed by atoms with E-state index in [2.05, 4.69) is 15.5 Å². The fourth-order valence-corrected chi connectivity index (χ4v) is 4.83. The van der Waals surface area contributed by atoms with E-state index in [1.54, 1.807) is 6.07 Å². The highest BCUT2D eigenvalue weighted by Gasteiger charge is 2.42. The Hall–Kier alpha value is -2.77. The molecule has 0 atom stereocenters. The summed E-state index contributed by atoms with van der Waals surface area (Å²) in [5.74, 6) is -0.409. The monoisotopic (exact) mass is 453 g/mol. The minimum atomic E-state index is -0.673. The molecule has 0 aromatic heterocycles. The normalized spacial score (nSPS) is 18.1. The van der Waals surface area contributed by atoms with Crippen molar-refractivity contribution in [2.24, 2.45) is 0 Å². The van der Waals surface area contributed by atoms with Crippen LogP contribution in [0.5, 0.6) is 0 Å². The summed E-state index contributed by atoms with van der Waals surface area (Å²) in [6.45, 7) is 4.23. The molecule has 1 saturated heterocycles. The quantitative estimate of drug-likeness (QED) is 0.641. The zero-order valence-electron chi connectivity index (χ0n) is 18.9. The smallest absolute Gasteiger partial charge is 0.230 e. The molecule has 0 bridgehead atoms. The van der Waals surface area contributed by atoms with Gasteiger partial charge in [0.1, 0.15) is 5.82 Å². The number of hydrogen-bond donors (Lipinski definition) is 2. The highest BCUT2D eigenvalue weighted by molar-refractivity contribution is 5.91. The number of amides is 2. The van der Waals surface area contributed by atoms with Crippen molar-refractivity contribution in [2.75, 3.05) is 38.2 Å². The predicted octanol–water partition coefficient (Wildman–Crippen LogP) is 3.61. The molecule has 0 radical (unpaired) electrons. The molecule has 7 heteroatoms.